The van der Waals surface area contributed by atoms with E-state index < -0.39 is 11.9 Å². The number of H-pyrrole nitrogens is 1. The number of hydrogen-bond donors (Lipinski definition) is 2. The van der Waals surface area contributed by atoms with Crippen LogP contribution < -0.4 is 4.90 Å². The lowest BCUT2D eigenvalue weighted by atomic mass is 9.96. The molecule has 0 spiro atoms. The van der Waals surface area contributed by atoms with Crippen molar-refractivity contribution in [2.75, 3.05) is 18.0 Å². The summed E-state index contributed by atoms with van der Waals surface area (Å²) in [5.41, 5.74) is 1.82. The molecular weight excluding hydrogens is 273 g/mol. The molecule has 1 unspecified atom stereocenters. The molecule has 1 aliphatic heterocycles. The predicted molar refractivity (Wildman–Crippen MR) is 75.7 cm³/mol. The number of fused-ring (bicyclic) bond motifs is 1. The summed E-state index contributed by atoms with van der Waals surface area (Å²) >= 11 is 0. The van der Waals surface area contributed by atoms with Crippen LogP contribution in [0.3, 0.4) is 0 Å². The first-order valence-corrected chi connectivity index (χ1v) is 6.88. The molecule has 21 heavy (non-hydrogen) atoms. The number of carboxylic acid groups (broad SMARTS) is 1. The van der Waals surface area contributed by atoms with Gasteiger partial charge in [0, 0.05) is 18.7 Å². The first-order valence-electron chi connectivity index (χ1n) is 6.88. The highest BCUT2D eigenvalue weighted by molar-refractivity contribution is 5.73. The van der Waals surface area contributed by atoms with E-state index in [4.69, 9.17) is 0 Å². The molecule has 0 saturated carbocycles. The highest BCUT2D eigenvalue weighted by Crippen LogP contribution is 2.27. The number of nitrogens with one attached hydrogen (secondary N) is 1. The van der Waals surface area contributed by atoms with Crippen molar-refractivity contribution >= 4 is 11.8 Å². The second kappa shape index (κ2) is 5.55. The zero-order valence-electron chi connectivity index (χ0n) is 11.4. The Morgan fingerprint density at radius 1 is 1.52 bits per heavy atom. The third kappa shape index (κ3) is 2.89. The van der Waals surface area contributed by atoms with Gasteiger partial charge in [-0.25, -0.2) is 4.39 Å². The van der Waals surface area contributed by atoms with Gasteiger partial charge in [0.1, 0.15) is 11.6 Å². The van der Waals surface area contributed by atoms with Gasteiger partial charge in [0.25, 0.3) is 0 Å². The first-order chi connectivity index (χ1) is 10.1. The highest BCUT2D eigenvalue weighted by atomic mass is 19.1. The normalized spacial score (nSPS) is 17.6. The van der Waals surface area contributed by atoms with Gasteiger partial charge in [-0.15, -0.1) is 0 Å². The highest BCUT2D eigenvalue weighted by Gasteiger charge is 2.30. The van der Waals surface area contributed by atoms with E-state index >= 15 is 0 Å². The molecule has 1 aromatic heterocycles. The van der Waals surface area contributed by atoms with Crippen LogP contribution in [0.15, 0.2) is 30.5 Å². The van der Waals surface area contributed by atoms with E-state index in [1.165, 1.54) is 12.1 Å². The molecule has 0 amide bonds. The third-order valence-corrected chi connectivity index (χ3v) is 3.83. The number of aromatic amines is 1. The summed E-state index contributed by atoms with van der Waals surface area (Å²) < 4.78 is 13.2. The maximum Gasteiger partial charge on any atom is 0.308 e. The van der Waals surface area contributed by atoms with Crippen LogP contribution in [0.4, 0.5) is 10.2 Å². The molecule has 0 aliphatic carbocycles. The van der Waals surface area contributed by atoms with Crippen molar-refractivity contribution in [1.82, 2.24) is 10.2 Å². The Bertz CT molecular complexity index is 656. The van der Waals surface area contributed by atoms with Gasteiger partial charge < -0.3 is 10.0 Å². The average Bonchev–Trinajstić information content (AvgIpc) is 2.93. The number of anilines is 1. The smallest absolute Gasteiger partial charge is 0.308 e. The minimum atomic E-state index is -0.794. The number of benzene rings is 1. The van der Waals surface area contributed by atoms with Crippen molar-refractivity contribution in [3.05, 3.63) is 47.4 Å². The molecule has 1 aliphatic rings. The zero-order chi connectivity index (χ0) is 14.8. The SMILES string of the molecule is O=C(O)C1Cc2cn[nH]c2N(CCc2cccc(F)c2)C1. The van der Waals surface area contributed by atoms with Gasteiger partial charge in [0.2, 0.25) is 0 Å². The van der Waals surface area contributed by atoms with Gasteiger partial charge in [0.05, 0.1) is 12.1 Å². The third-order valence-electron chi connectivity index (χ3n) is 3.83. The predicted octanol–water partition coefficient (Wildman–Crippen LogP) is 1.85. The standard InChI is InChI=1S/C15H16FN3O2/c16-13-3-1-2-10(6-13)4-5-19-9-12(15(20)21)7-11-8-17-18-14(11)19/h1-3,6,8,12H,4-5,7,9H2,(H,17,18)(H,20,21). The van der Waals surface area contributed by atoms with Crippen molar-refractivity contribution < 1.29 is 14.3 Å². The molecule has 5 nitrogen and oxygen atoms in total. The van der Waals surface area contributed by atoms with Gasteiger partial charge >= 0.3 is 5.97 Å². The summed E-state index contributed by atoms with van der Waals surface area (Å²) in [6, 6.07) is 6.47. The number of carbonyl (C=O) groups is 1. The van der Waals surface area contributed by atoms with E-state index in [1.54, 1.807) is 12.3 Å². The molecule has 0 fully saturated rings. The van der Waals surface area contributed by atoms with Crippen LogP contribution >= 0.6 is 0 Å². The molecule has 3 rings (SSSR count). The maximum absolute atomic E-state index is 13.2. The number of halogens is 1. The van der Waals surface area contributed by atoms with E-state index in [0.29, 0.717) is 25.9 Å². The lowest BCUT2D eigenvalue weighted by Gasteiger charge is -2.31. The van der Waals surface area contributed by atoms with E-state index in [0.717, 1.165) is 16.9 Å². The second-order valence-corrected chi connectivity index (χ2v) is 5.31. The molecule has 1 aromatic carbocycles. The lowest BCUT2D eigenvalue weighted by molar-refractivity contribution is -0.141. The lowest BCUT2D eigenvalue weighted by Crippen LogP contribution is -2.40. The second-order valence-electron chi connectivity index (χ2n) is 5.31. The molecule has 2 N–H and O–H groups in total. The molecular formula is C15H16FN3O2. The van der Waals surface area contributed by atoms with Crippen molar-refractivity contribution in [3.8, 4) is 0 Å². The van der Waals surface area contributed by atoms with Crippen LogP contribution in [0, 0.1) is 11.7 Å². The van der Waals surface area contributed by atoms with Crippen LogP contribution in [0.25, 0.3) is 0 Å². The van der Waals surface area contributed by atoms with Crippen LogP contribution in [0.2, 0.25) is 0 Å². The van der Waals surface area contributed by atoms with Crippen LogP contribution in [-0.4, -0.2) is 34.4 Å². The van der Waals surface area contributed by atoms with Crippen LogP contribution in [-0.2, 0) is 17.6 Å². The summed E-state index contributed by atoms with van der Waals surface area (Å²) in [7, 11) is 0. The van der Waals surface area contributed by atoms with Crippen molar-refractivity contribution in [2.45, 2.75) is 12.8 Å². The Balaban J connectivity index is 1.74. The van der Waals surface area contributed by atoms with E-state index in [9.17, 15) is 14.3 Å². The molecule has 110 valence electrons. The number of aliphatic carboxylic acids is 1. The summed E-state index contributed by atoms with van der Waals surface area (Å²) in [5, 5.41) is 16.2. The van der Waals surface area contributed by atoms with Crippen molar-refractivity contribution in [3.63, 3.8) is 0 Å². The zero-order valence-corrected chi connectivity index (χ0v) is 11.4. The molecule has 0 bridgehead atoms. The minimum Gasteiger partial charge on any atom is -0.481 e. The Labute approximate surface area is 121 Å². The fourth-order valence-electron chi connectivity index (χ4n) is 2.74. The summed E-state index contributed by atoms with van der Waals surface area (Å²) in [4.78, 5) is 13.2. The van der Waals surface area contributed by atoms with E-state index in [1.807, 2.05) is 11.0 Å². The Morgan fingerprint density at radius 3 is 3.14 bits per heavy atom. The summed E-state index contributed by atoms with van der Waals surface area (Å²) in [6.07, 6.45) is 2.83. The summed E-state index contributed by atoms with van der Waals surface area (Å²) in [5.74, 6) is -0.596. The number of rotatable bonds is 4. The molecule has 2 aromatic rings. The first kappa shape index (κ1) is 13.6. The van der Waals surface area contributed by atoms with Gasteiger partial charge in [-0.1, -0.05) is 12.1 Å². The fourth-order valence-corrected chi connectivity index (χ4v) is 2.74. The molecule has 0 saturated heterocycles. The number of aromatic nitrogens is 2. The molecule has 0 radical (unpaired) electrons. The summed E-state index contributed by atoms with van der Waals surface area (Å²) in [6.45, 7) is 1.07. The average molecular weight is 289 g/mol. The maximum atomic E-state index is 13.2. The Hall–Kier alpha value is -2.37. The number of carboxylic acids is 1. The molecule has 2 heterocycles. The van der Waals surface area contributed by atoms with Gasteiger partial charge in [-0.2, -0.15) is 5.10 Å². The van der Waals surface area contributed by atoms with Gasteiger partial charge in [-0.05, 0) is 30.5 Å². The van der Waals surface area contributed by atoms with Crippen molar-refractivity contribution in [1.29, 1.82) is 0 Å². The Morgan fingerprint density at radius 2 is 2.38 bits per heavy atom. The van der Waals surface area contributed by atoms with E-state index in [2.05, 4.69) is 10.2 Å². The number of hydrogen-bond acceptors (Lipinski definition) is 3. The monoisotopic (exact) mass is 289 g/mol. The van der Waals surface area contributed by atoms with Crippen molar-refractivity contribution in [2.24, 2.45) is 5.92 Å². The Kier molecular flexibility index (Phi) is 3.60. The fraction of sp³-hybridized carbons (Fsp3) is 0.333. The topological polar surface area (TPSA) is 69.2 Å². The van der Waals surface area contributed by atoms with Crippen LogP contribution in [0.5, 0.6) is 0 Å². The quantitative estimate of drug-likeness (QED) is 0.901. The van der Waals surface area contributed by atoms with E-state index in [-0.39, 0.29) is 5.82 Å². The minimum absolute atomic E-state index is 0.253. The number of nitrogens with zero attached hydrogens (tertiary/aromatic N) is 2. The van der Waals surface area contributed by atoms with Crippen LogP contribution in [0.1, 0.15) is 11.1 Å². The molecule has 1 atom stereocenters. The molecule has 6 heteroatoms. The van der Waals surface area contributed by atoms with Gasteiger partial charge in [-0.3, -0.25) is 9.89 Å². The largest absolute Gasteiger partial charge is 0.481 e. The van der Waals surface area contributed by atoms with Gasteiger partial charge in [0.15, 0.2) is 0 Å².